The Morgan fingerprint density at radius 3 is 2.53 bits per heavy atom. The van der Waals surface area contributed by atoms with Crippen LogP contribution in [0.1, 0.15) is 24.2 Å². The van der Waals surface area contributed by atoms with Crippen LogP contribution < -0.4 is 21.1 Å². The van der Waals surface area contributed by atoms with Gasteiger partial charge in [0.25, 0.3) is 5.91 Å². The van der Waals surface area contributed by atoms with Crippen LogP contribution in [0.5, 0.6) is 5.75 Å². The highest BCUT2D eigenvalue weighted by molar-refractivity contribution is 5.95. The lowest BCUT2D eigenvalue weighted by Crippen LogP contribution is -2.33. The topological polar surface area (TPSA) is 93.5 Å². The first-order valence-electron chi connectivity index (χ1n) is 6.09. The van der Waals surface area contributed by atoms with Gasteiger partial charge in [0.2, 0.25) is 5.91 Å². The third-order valence-corrected chi connectivity index (χ3v) is 2.36. The van der Waals surface area contributed by atoms with Crippen LogP contribution in [0.25, 0.3) is 0 Å². The first kappa shape index (κ1) is 14.8. The fraction of sp³-hybridized carbons (Fsp3) is 0.385. The molecule has 0 aliphatic carbocycles. The van der Waals surface area contributed by atoms with Crippen molar-refractivity contribution < 1.29 is 14.3 Å². The minimum absolute atomic E-state index is 0.125. The fourth-order valence-electron chi connectivity index (χ4n) is 1.49. The van der Waals surface area contributed by atoms with E-state index in [1.807, 2.05) is 6.92 Å². The molecular weight excluding hydrogens is 246 g/mol. The Hall–Kier alpha value is -2.24. The summed E-state index contributed by atoms with van der Waals surface area (Å²) in [6.45, 7) is 4.57. The van der Waals surface area contributed by atoms with Gasteiger partial charge in [0.05, 0.1) is 12.3 Å². The molecule has 0 fully saturated rings. The maximum absolute atomic E-state index is 11.8. The minimum Gasteiger partial charge on any atom is -0.492 e. The Kier molecular flexibility index (Phi) is 5.66. The second-order valence-electron chi connectivity index (χ2n) is 3.92. The Bertz CT molecular complexity index is 460. The standard InChI is InChI=1S/C13H19N3O3/c1-3-19-12-5-4-10(8-11(12)14)13(18)16-7-6-15-9(2)17/h4-5,8H,3,6-7,14H2,1-2H3,(H,15,17)(H,16,18). The van der Waals surface area contributed by atoms with Crippen LogP contribution in [0, 0.1) is 0 Å². The summed E-state index contributed by atoms with van der Waals surface area (Å²) < 4.78 is 5.29. The smallest absolute Gasteiger partial charge is 0.251 e. The number of nitrogens with two attached hydrogens (primary N) is 1. The molecule has 0 aliphatic heterocycles. The molecule has 0 bridgehead atoms. The third kappa shape index (κ3) is 4.87. The van der Waals surface area contributed by atoms with E-state index in [1.165, 1.54) is 6.92 Å². The molecule has 0 saturated carbocycles. The molecule has 2 amide bonds. The lowest BCUT2D eigenvalue weighted by atomic mass is 10.1. The molecule has 0 aliphatic rings. The summed E-state index contributed by atoms with van der Waals surface area (Å²) in [4.78, 5) is 22.4. The van der Waals surface area contributed by atoms with Crippen molar-refractivity contribution in [3.05, 3.63) is 23.8 Å². The van der Waals surface area contributed by atoms with Crippen molar-refractivity contribution in [1.82, 2.24) is 10.6 Å². The van der Waals surface area contributed by atoms with Crippen molar-refractivity contribution in [1.29, 1.82) is 0 Å². The molecule has 0 aromatic heterocycles. The molecule has 1 aromatic carbocycles. The normalized spacial score (nSPS) is 9.79. The van der Waals surface area contributed by atoms with E-state index in [4.69, 9.17) is 10.5 Å². The van der Waals surface area contributed by atoms with Gasteiger partial charge in [-0.2, -0.15) is 0 Å². The first-order valence-corrected chi connectivity index (χ1v) is 6.09. The fourth-order valence-corrected chi connectivity index (χ4v) is 1.49. The van der Waals surface area contributed by atoms with E-state index < -0.39 is 0 Å². The van der Waals surface area contributed by atoms with Gasteiger partial charge in [-0.05, 0) is 25.1 Å². The molecule has 4 N–H and O–H groups in total. The van der Waals surface area contributed by atoms with Crippen molar-refractivity contribution >= 4 is 17.5 Å². The summed E-state index contributed by atoms with van der Waals surface area (Å²) >= 11 is 0. The van der Waals surface area contributed by atoms with E-state index in [0.29, 0.717) is 36.7 Å². The monoisotopic (exact) mass is 265 g/mol. The summed E-state index contributed by atoms with van der Waals surface area (Å²) in [6, 6.07) is 4.88. The summed E-state index contributed by atoms with van der Waals surface area (Å²) in [5, 5.41) is 5.27. The lowest BCUT2D eigenvalue weighted by molar-refractivity contribution is -0.118. The summed E-state index contributed by atoms with van der Waals surface area (Å²) in [7, 11) is 0. The minimum atomic E-state index is -0.236. The molecule has 0 atom stereocenters. The van der Waals surface area contributed by atoms with Gasteiger partial charge in [0.15, 0.2) is 0 Å². The van der Waals surface area contributed by atoms with Gasteiger partial charge in [-0.15, -0.1) is 0 Å². The van der Waals surface area contributed by atoms with Crippen molar-refractivity contribution in [3.8, 4) is 5.75 Å². The molecule has 19 heavy (non-hydrogen) atoms. The van der Waals surface area contributed by atoms with Crippen molar-refractivity contribution in [3.63, 3.8) is 0 Å². The summed E-state index contributed by atoms with van der Waals surface area (Å²) in [5.74, 6) is 0.206. The zero-order valence-corrected chi connectivity index (χ0v) is 11.2. The largest absolute Gasteiger partial charge is 0.492 e. The molecular formula is C13H19N3O3. The Balaban J connectivity index is 2.53. The van der Waals surface area contributed by atoms with Crippen LogP contribution in [0.2, 0.25) is 0 Å². The number of nitrogen functional groups attached to an aromatic ring is 1. The molecule has 6 nitrogen and oxygen atoms in total. The zero-order chi connectivity index (χ0) is 14.3. The maximum atomic E-state index is 11.8. The highest BCUT2D eigenvalue weighted by atomic mass is 16.5. The molecule has 1 rings (SSSR count). The summed E-state index contributed by atoms with van der Waals surface area (Å²) in [5.41, 5.74) is 6.67. The number of hydrogen-bond acceptors (Lipinski definition) is 4. The van der Waals surface area contributed by atoms with Crippen molar-refractivity contribution in [2.24, 2.45) is 0 Å². The molecule has 0 heterocycles. The lowest BCUT2D eigenvalue weighted by Gasteiger charge is -2.09. The second kappa shape index (κ2) is 7.25. The van der Waals surface area contributed by atoms with Crippen LogP contribution >= 0.6 is 0 Å². The van der Waals surface area contributed by atoms with Crippen LogP contribution in [-0.4, -0.2) is 31.5 Å². The van der Waals surface area contributed by atoms with Gasteiger partial charge >= 0.3 is 0 Å². The Morgan fingerprint density at radius 1 is 1.26 bits per heavy atom. The van der Waals surface area contributed by atoms with Crippen molar-refractivity contribution in [2.75, 3.05) is 25.4 Å². The van der Waals surface area contributed by atoms with E-state index in [1.54, 1.807) is 18.2 Å². The van der Waals surface area contributed by atoms with E-state index in [0.717, 1.165) is 0 Å². The predicted octanol–water partition coefficient (Wildman–Crippen LogP) is 0.533. The van der Waals surface area contributed by atoms with Gasteiger partial charge in [-0.25, -0.2) is 0 Å². The molecule has 104 valence electrons. The molecule has 0 unspecified atom stereocenters. The van der Waals surface area contributed by atoms with Gasteiger partial charge in [-0.3, -0.25) is 9.59 Å². The number of hydrogen-bond donors (Lipinski definition) is 3. The SMILES string of the molecule is CCOc1ccc(C(=O)NCCNC(C)=O)cc1N. The van der Waals surface area contributed by atoms with Crippen LogP contribution in [0.15, 0.2) is 18.2 Å². The maximum Gasteiger partial charge on any atom is 0.251 e. The quantitative estimate of drug-likeness (QED) is 0.517. The molecule has 0 spiro atoms. The van der Waals surface area contributed by atoms with Gasteiger partial charge in [0, 0.05) is 25.6 Å². The number of carbonyl (C=O) groups is 2. The number of carbonyl (C=O) groups excluding carboxylic acids is 2. The predicted molar refractivity (Wildman–Crippen MR) is 73.0 cm³/mol. The number of ether oxygens (including phenoxy) is 1. The highest BCUT2D eigenvalue weighted by Gasteiger charge is 2.08. The number of rotatable bonds is 6. The first-order chi connectivity index (χ1) is 9.04. The number of nitrogens with one attached hydrogen (secondary N) is 2. The molecule has 0 saturated heterocycles. The van der Waals surface area contributed by atoms with E-state index in [-0.39, 0.29) is 11.8 Å². The van der Waals surface area contributed by atoms with Gasteiger partial charge in [-0.1, -0.05) is 0 Å². The molecule has 0 radical (unpaired) electrons. The third-order valence-electron chi connectivity index (χ3n) is 2.36. The van der Waals surface area contributed by atoms with Gasteiger partial charge < -0.3 is 21.1 Å². The Labute approximate surface area is 112 Å². The van der Waals surface area contributed by atoms with Crippen LogP contribution in [-0.2, 0) is 4.79 Å². The second-order valence-corrected chi connectivity index (χ2v) is 3.92. The highest BCUT2D eigenvalue weighted by Crippen LogP contribution is 2.22. The van der Waals surface area contributed by atoms with E-state index >= 15 is 0 Å². The number of benzene rings is 1. The van der Waals surface area contributed by atoms with E-state index in [2.05, 4.69) is 10.6 Å². The molecule has 1 aromatic rings. The van der Waals surface area contributed by atoms with Gasteiger partial charge in [0.1, 0.15) is 5.75 Å². The van der Waals surface area contributed by atoms with E-state index in [9.17, 15) is 9.59 Å². The average molecular weight is 265 g/mol. The number of amides is 2. The van der Waals surface area contributed by atoms with Crippen LogP contribution in [0.3, 0.4) is 0 Å². The van der Waals surface area contributed by atoms with Crippen LogP contribution in [0.4, 0.5) is 5.69 Å². The average Bonchev–Trinajstić information content (AvgIpc) is 2.36. The zero-order valence-electron chi connectivity index (χ0n) is 11.2. The summed E-state index contributed by atoms with van der Waals surface area (Å²) in [6.07, 6.45) is 0. The Morgan fingerprint density at radius 2 is 1.95 bits per heavy atom. The number of anilines is 1. The molecule has 6 heteroatoms. The van der Waals surface area contributed by atoms with Crippen molar-refractivity contribution in [2.45, 2.75) is 13.8 Å².